The van der Waals surface area contributed by atoms with Crippen LogP contribution in [0.3, 0.4) is 0 Å². The molecule has 1 aliphatic rings. The minimum absolute atomic E-state index is 0.0524. The summed E-state index contributed by atoms with van der Waals surface area (Å²) >= 11 is 0. The van der Waals surface area contributed by atoms with E-state index < -0.39 is 27.6 Å². The van der Waals surface area contributed by atoms with E-state index >= 15 is 0 Å². The van der Waals surface area contributed by atoms with E-state index in [1.54, 1.807) is 17.6 Å². The second-order valence-corrected chi connectivity index (χ2v) is 9.59. The van der Waals surface area contributed by atoms with E-state index in [2.05, 4.69) is 0 Å². The van der Waals surface area contributed by atoms with Gasteiger partial charge < -0.3 is 4.74 Å². The number of rotatable bonds is 4. The molecule has 2 aromatic rings. The molecule has 0 radical (unpaired) electrons. The van der Waals surface area contributed by atoms with E-state index in [-0.39, 0.29) is 17.9 Å². The zero-order valence-corrected chi connectivity index (χ0v) is 16.9. The molecule has 2 aromatic carbocycles. The number of benzene rings is 2. The zero-order valence-electron chi connectivity index (χ0n) is 16.0. The summed E-state index contributed by atoms with van der Waals surface area (Å²) in [5.41, 5.74) is 2.91. The van der Waals surface area contributed by atoms with Crippen molar-refractivity contribution in [2.24, 2.45) is 0 Å². The number of nitrogens with one attached hydrogen (secondary N) is 1. The molecular formula is C20H24N2O5S. The van der Waals surface area contributed by atoms with Crippen LogP contribution in [0, 0.1) is 0 Å². The van der Waals surface area contributed by atoms with Crippen molar-refractivity contribution in [1.82, 2.24) is 9.79 Å². The highest BCUT2D eigenvalue weighted by atomic mass is 32.2. The minimum atomic E-state index is -3.96. The Labute approximate surface area is 164 Å². The van der Waals surface area contributed by atoms with E-state index in [9.17, 15) is 13.2 Å². The summed E-state index contributed by atoms with van der Waals surface area (Å²) in [6.45, 7) is 5.76. The molecular weight excluding hydrogens is 380 g/mol. The number of amides is 1. The number of carbonyl (C=O) groups is 1. The van der Waals surface area contributed by atoms with Crippen LogP contribution in [-0.4, -0.2) is 35.5 Å². The van der Waals surface area contributed by atoms with Crippen LogP contribution in [0.25, 0.3) is 0 Å². The fourth-order valence-corrected chi connectivity index (χ4v) is 4.78. The van der Waals surface area contributed by atoms with Gasteiger partial charge in [-0.25, -0.2) is 13.9 Å². The summed E-state index contributed by atoms with van der Waals surface area (Å²) in [5, 5.41) is 9.10. The zero-order chi connectivity index (χ0) is 20.5. The summed E-state index contributed by atoms with van der Waals surface area (Å²) in [7, 11) is -3.96. The number of nitrogens with zero attached hydrogens (tertiary/aromatic N) is 1. The molecule has 28 heavy (non-hydrogen) atoms. The Bertz CT molecular complexity index is 965. The molecule has 0 aromatic heterocycles. The maximum atomic E-state index is 13.2. The van der Waals surface area contributed by atoms with E-state index in [0.29, 0.717) is 5.75 Å². The van der Waals surface area contributed by atoms with Gasteiger partial charge in [0.05, 0.1) is 4.90 Å². The van der Waals surface area contributed by atoms with Crippen LogP contribution in [0.4, 0.5) is 0 Å². The summed E-state index contributed by atoms with van der Waals surface area (Å²) in [5.74, 6) is -0.203. The molecule has 0 aliphatic carbocycles. The van der Waals surface area contributed by atoms with Crippen LogP contribution in [-0.2, 0) is 27.8 Å². The number of carbonyl (C=O) groups excluding carboxylic acids is 1. The van der Waals surface area contributed by atoms with Crippen LogP contribution < -0.4 is 10.2 Å². The summed E-state index contributed by atoms with van der Waals surface area (Å²) in [6, 6.07) is 12.4. The van der Waals surface area contributed by atoms with Crippen molar-refractivity contribution in [3.63, 3.8) is 0 Å². The molecule has 8 heteroatoms. The van der Waals surface area contributed by atoms with E-state index in [1.165, 1.54) is 12.1 Å². The van der Waals surface area contributed by atoms with Gasteiger partial charge in [-0.05, 0) is 62.6 Å². The third kappa shape index (κ3) is 4.19. The van der Waals surface area contributed by atoms with Crippen molar-refractivity contribution < 1.29 is 23.2 Å². The van der Waals surface area contributed by atoms with Crippen molar-refractivity contribution in [1.29, 1.82) is 0 Å². The van der Waals surface area contributed by atoms with E-state index in [1.807, 2.05) is 45.0 Å². The first-order chi connectivity index (χ1) is 13.1. The first-order valence-electron chi connectivity index (χ1n) is 8.93. The van der Waals surface area contributed by atoms with Crippen molar-refractivity contribution >= 4 is 15.9 Å². The highest BCUT2D eigenvalue weighted by Gasteiger charge is 2.39. The molecule has 0 saturated carbocycles. The highest BCUT2D eigenvalue weighted by Crippen LogP contribution is 2.30. The normalized spacial score (nSPS) is 17.6. The Balaban J connectivity index is 1.95. The molecule has 1 atom stereocenters. The van der Waals surface area contributed by atoms with Crippen molar-refractivity contribution in [2.45, 2.75) is 50.3 Å². The quantitative estimate of drug-likeness (QED) is 0.603. The number of hydrogen-bond donors (Lipinski definition) is 2. The molecule has 0 unspecified atom stereocenters. The van der Waals surface area contributed by atoms with E-state index in [4.69, 9.17) is 9.94 Å². The van der Waals surface area contributed by atoms with Gasteiger partial charge >= 0.3 is 0 Å². The average Bonchev–Trinajstić information content (AvgIpc) is 2.65. The number of sulfonamides is 1. The van der Waals surface area contributed by atoms with Crippen LogP contribution >= 0.6 is 0 Å². The minimum Gasteiger partial charge on any atom is -0.488 e. The third-order valence-corrected chi connectivity index (χ3v) is 6.34. The number of hydroxylamine groups is 1. The Morgan fingerprint density at radius 2 is 1.71 bits per heavy atom. The molecule has 2 N–H and O–H groups in total. The lowest BCUT2D eigenvalue weighted by Crippen LogP contribution is -2.51. The Morgan fingerprint density at radius 1 is 1.11 bits per heavy atom. The molecule has 7 nitrogen and oxygen atoms in total. The van der Waals surface area contributed by atoms with E-state index in [0.717, 1.165) is 15.4 Å². The predicted octanol–water partition coefficient (Wildman–Crippen LogP) is 2.48. The van der Waals surface area contributed by atoms with Gasteiger partial charge in [-0.3, -0.25) is 10.0 Å². The Kier molecular flexibility index (Phi) is 5.47. The van der Waals surface area contributed by atoms with Crippen molar-refractivity contribution in [3.05, 3.63) is 59.7 Å². The average molecular weight is 404 g/mol. The third-order valence-electron chi connectivity index (χ3n) is 4.47. The molecule has 3 rings (SSSR count). The van der Waals surface area contributed by atoms with Crippen LogP contribution in [0.15, 0.2) is 53.4 Å². The van der Waals surface area contributed by atoms with Crippen LogP contribution in [0.5, 0.6) is 5.75 Å². The van der Waals surface area contributed by atoms with Crippen LogP contribution in [0.2, 0.25) is 0 Å². The van der Waals surface area contributed by atoms with Gasteiger partial charge in [0.1, 0.15) is 17.4 Å². The monoisotopic (exact) mass is 404 g/mol. The first kappa shape index (κ1) is 20.3. The van der Waals surface area contributed by atoms with Gasteiger partial charge in [-0.2, -0.15) is 4.31 Å². The molecule has 0 bridgehead atoms. The molecule has 0 fully saturated rings. The maximum Gasteiger partial charge on any atom is 0.262 e. The number of hydrogen-bond acceptors (Lipinski definition) is 5. The topological polar surface area (TPSA) is 95.9 Å². The Hall–Kier alpha value is -2.42. The largest absolute Gasteiger partial charge is 0.488 e. The Morgan fingerprint density at radius 3 is 2.29 bits per heavy atom. The smallest absolute Gasteiger partial charge is 0.262 e. The van der Waals surface area contributed by atoms with Gasteiger partial charge in [-0.1, -0.05) is 24.3 Å². The molecule has 1 heterocycles. The lowest BCUT2D eigenvalue weighted by atomic mass is 9.95. The lowest BCUT2D eigenvalue weighted by molar-refractivity contribution is -0.133. The number of fused-ring (bicyclic) bond motifs is 1. The van der Waals surface area contributed by atoms with Crippen molar-refractivity contribution in [2.75, 3.05) is 0 Å². The predicted molar refractivity (Wildman–Crippen MR) is 103 cm³/mol. The second kappa shape index (κ2) is 7.54. The van der Waals surface area contributed by atoms with Gasteiger partial charge in [-0.15, -0.1) is 0 Å². The SMILES string of the molecule is CC(C)(C)Oc1ccc(S(=O)(=O)N2Cc3ccccc3C[C@@H]2C(=O)NO)cc1. The van der Waals surface area contributed by atoms with Crippen molar-refractivity contribution in [3.8, 4) is 5.75 Å². The fourth-order valence-electron chi connectivity index (χ4n) is 3.22. The lowest BCUT2D eigenvalue weighted by Gasteiger charge is -2.34. The fraction of sp³-hybridized carbons (Fsp3) is 0.350. The summed E-state index contributed by atoms with van der Waals surface area (Å²) in [6.07, 6.45) is 0.188. The standard InChI is InChI=1S/C20H24N2O5S/c1-20(2,3)27-16-8-10-17(11-9-16)28(25,26)22-13-15-7-5-4-6-14(15)12-18(22)19(23)21-24/h4-11,18,24H,12-13H2,1-3H3,(H,21,23)/t18-/m1/s1. The molecule has 1 amide bonds. The maximum absolute atomic E-state index is 13.2. The number of ether oxygens (including phenoxy) is 1. The molecule has 150 valence electrons. The molecule has 0 spiro atoms. The molecule has 0 saturated heterocycles. The summed E-state index contributed by atoms with van der Waals surface area (Å²) < 4.78 is 33.4. The molecule has 1 aliphatic heterocycles. The highest BCUT2D eigenvalue weighted by molar-refractivity contribution is 7.89. The first-order valence-corrected chi connectivity index (χ1v) is 10.4. The van der Waals surface area contributed by atoms with Gasteiger partial charge in [0, 0.05) is 6.54 Å². The van der Waals surface area contributed by atoms with Gasteiger partial charge in [0.15, 0.2) is 0 Å². The van der Waals surface area contributed by atoms with Gasteiger partial charge in [0.2, 0.25) is 10.0 Å². The second-order valence-electron chi connectivity index (χ2n) is 7.70. The van der Waals surface area contributed by atoms with Gasteiger partial charge in [0.25, 0.3) is 5.91 Å². The summed E-state index contributed by atoms with van der Waals surface area (Å²) in [4.78, 5) is 12.2. The van der Waals surface area contributed by atoms with Crippen LogP contribution in [0.1, 0.15) is 31.9 Å².